The van der Waals surface area contributed by atoms with E-state index in [1.165, 1.54) is 29.6 Å². The fraction of sp³-hybridized carbons (Fsp3) is 0.0909. The number of rotatable bonds is 7. The Balaban J connectivity index is 1.70. The highest BCUT2D eigenvalue weighted by molar-refractivity contribution is 7.92. The number of primary amides is 1. The number of hydrogen-bond donors (Lipinski definition) is 3. The van der Waals surface area contributed by atoms with Gasteiger partial charge in [-0.1, -0.05) is 36.4 Å². The van der Waals surface area contributed by atoms with Crippen molar-refractivity contribution in [3.8, 4) is 0 Å². The summed E-state index contributed by atoms with van der Waals surface area (Å²) >= 11 is 0. The summed E-state index contributed by atoms with van der Waals surface area (Å²) in [5.41, 5.74) is 7.16. The maximum atomic E-state index is 13.0. The van der Waals surface area contributed by atoms with Crippen LogP contribution in [0.15, 0.2) is 83.8 Å². The van der Waals surface area contributed by atoms with Crippen LogP contribution in [0, 0.1) is 0 Å². The number of sulfonamides is 1. The van der Waals surface area contributed by atoms with Crippen LogP contribution in [0.2, 0.25) is 0 Å². The fourth-order valence-corrected chi connectivity index (χ4v) is 4.11. The monoisotopic (exact) mass is 438 g/mol. The highest BCUT2D eigenvalue weighted by Crippen LogP contribution is 2.22. The van der Waals surface area contributed by atoms with Crippen molar-refractivity contribution < 1.29 is 18.0 Å². The molecular formula is C22H22N4O4S. The summed E-state index contributed by atoms with van der Waals surface area (Å²) in [5, 5.41) is 5.21. The Morgan fingerprint density at radius 3 is 2.26 bits per heavy atom. The van der Waals surface area contributed by atoms with E-state index in [-0.39, 0.29) is 17.0 Å². The van der Waals surface area contributed by atoms with Crippen molar-refractivity contribution in [2.45, 2.75) is 11.4 Å². The Kier molecular flexibility index (Phi) is 6.56. The zero-order valence-corrected chi connectivity index (χ0v) is 17.6. The minimum absolute atomic E-state index is 0.0217. The number of nitrogens with zero attached hydrogens (tertiary/aromatic N) is 1. The van der Waals surface area contributed by atoms with E-state index in [1.807, 2.05) is 0 Å². The number of anilines is 2. The predicted octanol–water partition coefficient (Wildman–Crippen LogP) is 2.93. The lowest BCUT2D eigenvalue weighted by atomic mass is 10.2. The van der Waals surface area contributed by atoms with Crippen molar-refractivity contribution >= 4 is 33.3 Å². The van der Waals surface area contributed by atoms with Crippen LogP contribution < -0.4 is 20.7 Å². The van der Waals surface area contributed by atoms with Crippen LogP contribution in [0.4, 0.5) is 16.2 Å². The van der Waals surface area contributed by atoms with Crippen LogP contribution in [0.5, 0.6) is 0 Å². The Morgan fingerprint density at radius 1 is 0.935 bits per heavy atom. The molecule has 9 heteroatoms. The van der Waals surface area contributed by atoms with E-state index in [9.17, 15) is 18.0 Å². The highest BCUT2D eigenvalue weighted by Gasteiger charge is 2.22. The number of hydrogen-bond acceptors (Lipinski definition) is 4. The molecule has 160 valence electrons. The van der Waals surface area contributed by atoms with Gasteiger partial charge in [-0.2, -0.15) is 0 Å². The molecule has 0 fully saturated rings. The lowest BCUT2D eigenvalue weighted by molar-refractivity contribution is 0.0950. The zero-order chi connectivity index (χ0) is 22.4. The SMILES string of the molecule is CN(c1ccccc1)S(=O)(=O)c1cccc(C(=O)NCc2ccc(NC(N)=O)cc2)c1. The predicted molar refractivity (Wildman–Crippen MR) is 119 cm³/mol. The van der Waals surface area contributed by atoms with E-state index in [2.05, 4.69) is 10.6 Å². The van der Waals surface area contributed by atoms with E-state index >= 15 is 0 Å². The maximum Gasteiger partial charge on any atom is 0.316 e. The van der Waals surface area contributed by atoms with E-state index in [0.717, 1.165) is 5.56 Å². The minimum Gasteiger partial charge on any atom is -0.351 e. The third kappa shape index (κ3) is 5.40. The molecule has 0 aliphatic carbocycles. The molecule has 3 amide bonds. The molecule has 0 aromatic heterocycles. The number of nitrogens with two attached hydrogens (primary N) is 1. The summed E-state index contributed by atoms with van der Waals surface area (Å²) in [7, 11) is -2.35. The summed E-state index contributed by atoms with van der Waals surface area (Å²) in [6.45, 7) is 0.233. The molecule has 0 aliphatic heterocycles. The first kappa shape index (κ1) is 21.8. The Morgan fingerprint density at radius 2 is 1.61 bits per heavy atom. The summed E-state index contributed by atoms with van der Waals surface area (Å²) in [4.78, 5) is 23.4. The van der Waals surface area contributed by atoms with Crippen molar-refractivity contribution in [2.75, 3.05) is 16.7 Å². The molecule has 0 unspecified atom stereocenters. The van der Waals surface area contributed by atoms with Gasteiger partial charge in [0, 0.05) is 24.8 Å². The van der Waals surface area contributed by atoms with Crippen molar-refractivity contribution in [3.63, 3.8) is 0 Å². The van der Waals surface area contributed by atoms with Crippen molar-refractivity contribution in [2.24, 2.45) is 5.73 Å². The average Bonchev–Trinajstić information content (AvgIpc) is 2.78. The molecule has 0 bridgehead atoms. The summed E-state index contributed by atoms with van der Waals surface area (Å²) in [6.07, 6.45) is 0. The molecule has 0 heterocycles. The standard InChI is InChI=1S/C22H22N4O4S/c1-26(19-7-3-2-4-8-19)31(29,30)20-9-5-6-17(14-20)21(27)24-15-16-10-12-18(13-11-16)25-22(23)28/h2-14H,15H2,1H3,(H,24,27)(H3,23,25,28). The number of carbonyl (C=O) groups excluding carboxylic acids is 2. The molecule has 3 aromatic rings. The van der Waals surface area contributed by atoms with Gasteiger partial charge in [0.2, 0.25) is 0 Å². The molecule has 0 aliphatic rings. The Hall–Kier alpha value is -3.85. The average molecular weight is 439 g/mol. The van der Waals surface area contributed by atoms with Crippen molar-refractivity contribution in [3.05, 3.63) is 90.0 Å². The van der Waals surface area contributed by atoms with Crippen LogP contribution in [0.3, 0.4) is 0 Å². The summed E-state index contributed by atoms with van der Waals surface area (Å²) < 4.78 is 27.1. The van der Waals surface area contributed by atoms with Crippen LogP contribution >= 0.6 is 0 Å². The molecule has 0 spiro atoms. The molecule has 0 saturated carbocycles. The lowest BCUT2D eigenvalue weighted by Crippen LogP contribution is -2.27. The van der Waals surface area contributed by atoms with Gasteiger partial charge >= 0.3 is 6.03 Å². The second kappa shape index (κ2) is 9.31. The number of nitrogens with one attached hydrogen (secondary N) is 2. The zero-order valence-electron chi connectivity index (χ0n) is 16.8. The molecule has 8 nitrogen and oxygen atoms in total. The van der Waals surface area contributed by atoms with Crippen LogP contribution in [-0.4, -0.2) is 27.4 Å². The van der Waals surface area contributed by atoms with E-state index in [4.69, 9.17) is 5.73 Å². The first-order valence-corrected chi connectivity index (χ1v) is 10.8. The van der Waals surface area contributed by atoms with Crippen LogP contribution in [-0.2, 0) is 16.6 Å². The van der Waals surface area contributed by atoms with Gasteiger partial charge in [0.05, 0.1) is 10.6 Å². The molecule has 0 radical (unpaired) electrons. The van der Waals surface area contributed by atoms with Gasteiger partial charge in [-0.15, -0.1) is 0 Å². The first-order chi connectivity index (χ1) is 14.8. The number of carbonyl (C=O) groups is 2. The van der Waals surface area contributed by atoms with Gasteiger partial charge in [0.15, 0.2) is 0 Å². The van der Waals surface area contributed by atoms with Gasteiger partial charge in [-0.25, -0.2) is 13.2 Å². The first-order valence-electron chi connectivity index (χ1n) is 9.35. The van der Waals surface area contributed by atoms with Gasteiger partial charge in [-0.05, 0) is 48.0 Å². The van der Waals surface area contributed by atoms with E-state index < -0.39 is 22.0 Å². The molecule has 3 aromatic carbocycles. The number of para-hydroxylation sites is 1. The second-order valence-electron chi connectivity index (χ2n) is 6.70. The highest BCUT2D eigenvalue weighted by atomic mass is 32.2. The molecule has 31 heavy (non-hydrogen) atoms. The third-order valence-electron chi connectivity index (χ3n) is 4.55. The van der Waals surface area contributed by atoms with E-state index in [1.54, 1.807) is 60.7 Å². The van der Waals surface area contributed by atoms with Crippen LogP contribution in [0.1, 0.15) is 15.9 Å². The molecule has 3 rings (SSSR count). The molecule has 0 saturated heterocycles. The number of amides is 3. The normalized spacial score (nSPS) is 10.9. The van der Waals surface area contributed by atoms with Gasteiger partial charge < -0.3 is 16.4 Å². The number of benzene rings is 3. The lowest BCUT2D eigenvalue weighted by Gasteiger charge is -2.19. The van der Waals surface area contributed by atoms with Crippen molar-refractivity contribution in [1.29, 1.82) is 0 Å². The molecule has 0 atom stereocenters. The second-order valence-corrected chi connectivity index (χ2v) is 8.67. The topological polar surface area (TPSA) is 122 Å². The Bertz CT molecular complexity index is 1180. The number of urea groups is 1. The molecule has 4 N–H and O–H groups in total. The summed E-state index contributed by atoms with van der Waals surface area (Å²) in [6, 6.07) is 20.7. The van der Waals surface area contributed by atoms with Crippen LogP contribution in [0.25, 0.3) is 0 Å². The van der Waals surface area contributed by atoms with Gasteiger partial charge in [0.1, 0.15) is 0 Å². The Labute approximate surface area is 180 Å². The smallest absolute Gasteiger partial charge is 0.316 e. The molecular weight excluding hydrogens is 416 g/mol. The van der Waals surface area contributed by atoms with E-state index in [0.29, 0.717) is 11.4 Å². The summed E-state index contributed by atoms with van der Waals surface area (Å²) in [5.74, 6) is -0.404. The van der Waals surface area contributed by atoms with Gasteiger partial charge in [-0.3, -0.25) is 9.10 Å². The van der Waals surface area contributed by atoms with Gasteiger partial charge in [0.25, 0.3) is 15.9 Å². The largest absolute Gasteiger partial charge is 0.351 e. The minimum atomic E-state index is -3.82. The quantitative estimate of drug-likeness (QED) is 0.525. The fourth-order valence-electron chi connectivity index (χ4n) is 2.87. The maximum absolute atomic E-state index is 13.0. The van der Waals surface area contributed by atoms with Crippen molar-refractivity contribution in [1.82, 2.24) is 5.32 Å². The third-order valence-corrected chi connectivity index (χ3v) is 6.33.